The Hall–Kier alpha value is -2.98. The largest absolute Gasteiger partial charge is 0.454 e. The number of rotatable bonds is 4. The molecule has 0 atom stereocenters. The van der Waals surface area contributed by atoms with E-state index in [4.69, 9.17) is 21.3 Å². The van der Waals surface area contributed by atoms with E-state index in [1.54, 1.807) is 0 Å². The molecule has 3 aromatic rings. The Morgan fingerprint density at radius 2 is 1.86 bits per heavy atom. The number of benzene rings is 2. The van der Waals surface area contributed by atoms with Crippen molar-refractivity contribution in [3.8, 4) is 0 Å². The van der Waals surface area contributed by atoms with E-state index in [1.807, 2.05) is 48.5 Å². The van der Waals surface area contributed by atoms with Crippen molar-refractivity contribution in [3.63, 3.8) is 0 Å². The summed E-state index contributed by atoms with van der Waals surface area (Å²) in [4.78, 5) is 28.9. The summed E-state index contributed by atoms with van der Waals surface area (Å²) in [5.41, 5.74) is 5.06. The molecule has 0 aliphatic heterocycles. The second kappa shape index (κ2) is 7.56. The summed E-state index contributed by atoms with van der Waals surface area (Å²) in [5, 5.41) is 1.44. The van der Waals surface area contributed by atoms with Crippen LogP contribution in [0.2, 0.25) is 5.02 Å². The van der Waals surface area contributed by atoms with Crippen molar-refractivity contribution in [1.29, 1.82) is 0 Å². The number of carbonyl (C=O) groups excluding carboxylic acids is 2. The van der Waals surface area contributed by atoms with Gasteiger partial charge in [-0.25, -0.2) is 9.78 Å². The van der Waals surface area contributed by atoms with Gasteiger partial charge in [0.1, 0.15) is 6.61 Å². The zero-order chi connectivity index (χ0) is 19.7. The van der Waals surface area contributed by atoms with Crippen LogP contribution < -0.4 is 0 Å². The van der Waals surface area contributed by atoms with Gasteiger partial charge < -0.3 is 4.74 Å². The maximum absolute atomic E-state index is 12.8. The van der Waals surface area contributed by atoms with Crippen molar-refractivity contribution in [2.24, 2.45) is 0 Å². The lowest BCUT2D eigenvalue weighted by atomic mass is 10.0. The number of nitrogens with zero attached hydrogens (tertiary/aromatic N) is 1. The summed E-state index contributed by atoms with van der Waals surface area (Å²) < 4.78 is 5.24. The number of halogens is 1. The molecule has 0 saturated heterocycles. The summed E-state index contributed by atoms with van der Waals surface area (Å²) in [6, 6.07) is 15.1. The molecular formula is C23H18ClNO3. The van der Waals surface area contributed by atoms with Crippen molar-refractivity contribution >= 4 is 45.9 Å². The number of para-hydroxylation sites is 1. The highest BCUT2D eigenvalue weighted by Gasteiger charge is 2.27. The molecule has 0 saturated carbocycles. The molecule has 1 aliphatic rings. The highest BCUT2D eigenvalue weighted by Crippen LogP contribution is 2.37. The number of Topliss-reactive ketones (excluding diaryl/α,β-unsaturated/α-hetero) is 1. The molecular weight excluding hydrogens is 374 g/mol. The summed E-state index contributed by atoms with van der Waals surface area (Å²) in [5.74, 6) is -0.663. The Bertz CT molecular complexity index is 1120. The quantitative estimate of drug-likeness (QED) is 0.579. The van der Waals surface area contributed by atoms with Gasteiger partial charge in [0.15, 0.2) is 5.78 Å². The third-order valence-electron chi connectivity index (χ3n) is 4.76. The smallest absolute Gasteiger partial charge is 0.339 e. The van der Waals surface area contributed by atoms with Gasteiger partial charge in [0.2, 0.25) is 0 Å². The Morgan fingerprint density at radius 1 is 1.11 bits per heavy atom. The predicted octanol–water partition coefficient (Wildman–Crippen LogP) is 5.12. The molecule has 28 heavy (non-hydrogen) atoms. The van der Waals surface area contributed by atoms with E-state index in [2.05, 4.69) is 6.08 Å². The number of ether oxygens (including phenoxy) is 1. The molecule has 0 unspecified atom stereocenters. The monoisotopic (exact) mass is 391 g/mol. The van der Waals surface area contributed by atoms with Crippen molar-refractivity contribution in [1.82, 2.24) is 4.98 Å². The van der Waals surface area contributed by atoms with Gasteiger partial charge in [0.05, 0.1) is 16.8 Å². The van der Waals surface area contributed by atoms with Crippen LogP contribution in [0.5, 0.6) is 0 Å². The molecule has 140 valence electrons. The van der Waals surface area contributed by atoms with Crippen molar-refractivity contribution in [2.75, 3.05) is 6.61 Å². The molecule has 1 aliphatic carbocycles. The van der Waals surface area contributed by atoms with Gasteiger partial charge in [-0.2, -0.15) is 0 Å². The number of esters is 1. The molecule has 5 heteroatoms. The van der Waals surface area contributed by atoms with Gasteiger partial charge >= 0.3 is 5.97 Å². The highest BCUT2D eigenvalue weighted by molar-refractivity contribution is 6.30. The molecule has 0 radical (unpaired) electrons. The molecule has 4 rings (SSSR count). The topological polar surface area (TPSA) is 56.3 Å². The molecule has 2 aromatic carbocycles. The van der Waals surface area contributed by atoms with Gasteiger partial charge in [-0.15, -0.1) is 0 Å². The van der Waals surface area contributed by atoms with E-state index in [0.717, 1.165) is 39.7 Å². The minimum atomic E-state index is -0.474. The van der Waals surface area contributed by atoms with Crippen LogP contribution in [0.25, 0.3) is 22.6 Å². The fourth-order valence-corrected chi connectivity index (χ4v) is 3.64. The lowest BCUT2D eigenvalue weighted by molar-refractivity contribution is -0.120. The Morgan fingerprint density at radius 3 is 2.61 bits per heavy atom. The number of hydrogen-bond donors (Lipinski definition) is 0. The van der Waals surface area contributed by atoms with Gasteiger partial charge in [-0.05, 0) is 60.7 Å². The minimum Gasteiger partial charge on any atom is -0.454 e. The highest BCUT2D eigenvalue weighted by atomic mass is 35.5. The van der Waals surface area contributed by atoms with Crippen LogP contribution >= 0.6 is 11.6 Å². The standard InChI is InChI=1S/C23H18ClNO3/c1-14(26)13-28-23(27)21-18-4-2-3-5-20(18)25-22-16(8-11-19(21)22)12-15-6-9-17(24)10-7-15/h2-7,9-10,12H,8,11,13H2,1H3/b16-12+. The summed E-state index contributed by atoms with van der Waals surface area (Å²) in [7, 11) is 0. The van der Waals surface area contributed by atoms with Crippen LogP contribution in [0.15, 0.2) is 48.5 Å². The minimum absolute atomic E-state index is 0.188. The maximum atomic E-state index is 12.8. The number of allylic oxidation sites excluding steroid dienone is 1. The average molecular weight is 392 g/mol. The van der Waals surface area contributed by atoms with Crippen LogP contribution in [0.4, 0.5) is 0 Å². The summed E-state index contributed by atoms with van der Waals surface area (Å²) >= 11 is 5.97. The number of carbonyl (C=O) groups is 2. The molecule has 0 fully saturated rings. The van der Waals surface area contributed by atoms with Crippen LogP contribution in [0.3, 0.4) is 0 Å². The molecule has 0 N–H and O–H groups in total. The van der Waals surface area contributed by atoms with E-state index in [9.17, 15) is 9.59 Å². The SMILES string of the molecule is CC(=O)COC(=O)c1c2c(nc3ccccc13)/C(=C/c1ccc(Cl)cc1)CC2. The number of hydrogen-bond acceptors (Lipinski definition) is 4. The molecule has 0 bridgehead atoms. The Balaban J connectivity index is 1.83. The normalized spacial score (nSPS) is 14.3. The van der Waals surface area contributed by atoms with Gasteiger partial charge in [-0.3, -0.25) is 4.79 Å². The van der Waals surface area contributed by atoms with Crippen molar-refractivity contribution in [2.45, 2.75) is 19.8 Å². The van der Waals surface area contributed by atoms with Crippen LogP contribution in [-0.2, 0) is 16.0 Å². The number of fused-ring (bicyclic) bond motifs is 2. The van der Waals surface area contributed by atoms with Crippen LogP contribution in [0, 0.1) is 0 Å². The second-order valence-corrected chi connectivity index (χ2v) is 7.27. The number of pyridine rings is 1. The van der Waals surface area contributed by atoms with E-state index in [-0.39, 0.29) is 12.4 Å². The second-order valence-electron chi connectivity index (χ2n) is 6.83. The maximum Gasteiger partial charge on any atom is 0.339 e. The first-order valence-corrected chi connectivity index (χ1v) is 9.45. The van der Waals surface area contributed by atoms with Gasteiger partial charge in [0, 0.05) is 10.4 Å². The first kappa shape index (κ1) is 18.4. The molecule has 1 heterocycles. The lowest BCUT2D eigenvalue weighted by Crippen LogP contribution is -2.14. The number of aromatic nitrogens is 1. The third-order valence-corrected chi connectivity index (χ3v) is 5.02. The van der Waals surface area contributed by atoms with Crippen LogP contribution in [0.1, 0.15) is 40.5 Å². The third kappa shape index (κ3) is 3.56. The molecule has 0 spiro atoms. The predicted molar refractivity (Wildman–Crippen MR) is 110 cm³/mol. The fourth-order valence-electron chi connectivity index (χ4n) is 3.51. The zero-order valence-corrected chi connectivity index (χ0v) is 16.1. The molecule has 0 amide bonds. The molecule has 1 aromatic heterocycles. The first-order valence-electron chi connectivity index (χ1n) is 9.07. The van der Waals surface area contributed by atoms with Crippen molar-refractivity contribution in [3.05, 3.63) is 75.9 Å². The van der Waals surface area contributed by atoms with E-state index in [0.29, 0.717) is 17.0 Å². The number of ketones is 1. The zero-order valence-electron chi connectivity index (χ0n) is 15.4. The van der Waals surface area contributed by atoms with Crippen LogP contribution in [-0.4, -0.2) is 23.3 Å². The summed E-state index contributed by atoms with van der Waals surface area (Å²) in [6.07, 6.45) is 3.57. The van der Waals surface area contributed by atoms with Gasteiger partial charge in [-0.1, -0.05) is 41.9 Å². The van der Waals surface area contributed by atoms with E-state index < -0.39 is 5.97 Å². The van der Waals surface area contributed by atoms with Gasteiger partial charge in [0.25, 0.3) is 0 Å². The lowest BCUT2D eigenvalue weighted by Gasteiger charge is -2.12. The Kier molecular flexibility index (Phi) is 4.97. The fraction of sp³-hybridized carbons (Fsp3) is 0.174. The van der Waals surface area contributed by atoms with Crippen molar-refractivity contribution < 1.29 is 14.3 Å². The van der Waals surface area contributed by atoms with E-state index >= 15 is 0 Å². The Labute approximate surface area is 167 Å². The first-order chi connectivity index (χ1) is 13.5. The molecule has 4 nitrogen and oxygen atoms in total. The average Bonchev–Trinajstić information content (AvgIpc) is 3.08. The van der Waals surface area contributed by atoms with E-state index in [1.165, 1.54) is 6.92 Å². The summed E-state index contributed by atoms with van der Waals surface area (Å²) in [6.45, 7) is 1.17.